The zero-order valence-electron chi connectivity index (χ0n) is 13.7. The fourth-order valence-electron chi connectivity index (χ4n) is 2.51. The number of methoxy groups -OCH3 is 1. The molecule has 1 N–H and O–H groups in total. The maximum atomic E-state index is 12.0. The van der Waals surface area contributed by atoms with Crippen LogP contribution in [0, 0.1) is 0 Å². The number of carbonyl (C=O) groups is 1. The molecular weight excluding hydrogens is 306 g/mol. The Balaban J connectivity index is 1.49. The van der Waals surface area contributed by atoms with Crippen LogP contribution in [0.2, 0.25) is 0 Å². The Kier molecular flexibility index (Phi) is 4.93. The van der Waals surface area contributed by atoms with Crippen LogP contribution in [0.15, 0.2) is 41.2 Å². The zero-order chi connectivity index (χ0) is 16.9. The van der Waals surface area contributed by atoms with Crippen LogP contribution in [0.1, 0.15) is 30.0 Å². The molecule has 6 nitrogen and oxygen atoms in total. The maximum absolute atomic E-state index is 12.0. The van der Waals surface area contributed by atoms with Gasteiger partial charge in [-0.15, -0.1) is 0 Å². The highest BCUT2D eigenvalue weighted by Gasteiger charge is 2.25. The lowest BCUT2D eigenvalue weighted by molar-refractivity contribution is -0.120. The number of nitrogens with zero attached hydrogens (tertiary/aromatic N) is 2. The minimum Gasteiger partial charge on any atom is -0.497 e. The van der Waals surface area contributed by atoms with Crippen LogP contribution in [0.4, 0.5) is 0 Å². The number of carbonyl (C=O) groups excluding carboxylic acids is 1. The summed E-state index contributed by atoms with van der Waals surface area (Å²) in [6, 6.07) is 10.7. The largest absolute Gasteiger partial charge is 0.497 e. The van der Waals surface area contributed by atoms with E-state index in [1.165, 1.54) is 4.68 Å². The quantitative estimate of drug-likeness (QED) is 0.836. The predicted molar refractivity (Wildman–Crippen MR) is 90.2 cm³/mol. The van der Waals surface area contributed by atoms with Crippen LogP contribution < -0.4 is 15.6 Å². The second-order valence-corrected chi connectivity index (χ2v) is 5.97. The van der Waals surface area contributed by atoms with Crippen molar-refractivity contribution in [2.24, 2.45) is 0 Å². The van der Waals surface area contributed by atoms with Crippen LogP contribution in [0.5, 0.6) is 5.75 Å². The Morgan fingerprint density at radius 1 is 1.25 bits per heavy atom. The number of amides is 1. The summed E-state index contributed by atoms with van der Waals surface area (Å²) in [5.41, 5.74) is 1.75. The number of nitrogens with one attached hydrogen (secondary N) is 1. The molecule has 3 rings (SSSR count). The van der Waals surface area contributed by atoms with Crippen molar-refractivity contribution in [2.75, 3.05) is 13.7 Å². The molecule has 0 aliphatic heterocycles. The summed E-state index contributed by atoms with van der Waals surface area (Å²) in [4.78, 5) is 23.8. The number of hydrogen-bond donors (Lipinski definition) is 1. The van der Waals surface area contributed by atoms with E-state index in [4.69, 9.17) is 4.74 Å². The maximum Gasteiger partial charge on any atom is 0.266 e. The van der Waals surface area contributed by atoms with Gasteiger partial charge in [-0.2, -0.15) is 5.10 Å². The molecule has 1 amide bonds. The van der Waals surface area contributed by atoms with Gasteiger partial charge in [-0.3, -0.25) is 9.59 Å². The molecule has 24 heavy (non-hydrogen) atoms. The van der Waals surface area contributed by atoms with Crippen molar-refractivity contribution in [3.8, 4) is 5.75 Å². The molecule has 126 valence electrons. The van der Waals surface area contributed by atoms with Gasteiger partial charge >= 0.3 is 0 Å². The van der Waals surface area contributed by atoms with Gasteiger partial charge in [0.2, 0.25) is 5.91 Å². The van der Waals surface area contributed by atoms with E-state index in [9.17, 15) is 9.59 Å². The van der Waals surface area contributed by atoms with Crippen LogP contribution in [-0.4, -0.2) is 29.3 Å². The first kappa shape index (κ1) is 16.2. The van der Waals surface area contributed by atoms with Gasteiger partial charge in [-0.25, -0.2) is 4.68 Å². The molecule has 1 fully saturated rings. The molecule has 0 saturated heterocycles. The number of ether oxygens (including phenoxy) is 1. The van der Waals surface area contributed by atoms with Gasteiger partial charge < -0.3 is 10.1 Å². The summed E-state index contributed by atoms with van der Waals surface area (Å²) >= 11 is 0. The van der Waals surface area contributed by atoms with Gasteiger partial charge in [0.05, 0.1) is 25.8 Å². The molecule has 0 spiro atoms. The topological polar surface area (TPSA) is 73.2 Å². The normalized spacial score (nSPS) is 13.5. The van der Waals surface area contributed by atoms with E-state index in [2.05, 4.69) is 10.4 Å². The highest BCUT2D eigenvalue weighted by molar-refractivity contribution is 5.78. The highest BCUT2D eigenvalue weighted by atomic mass is 16.5. The minimum atomic E-state index is -0.135. The molecule has 1 saturated carbocycles. The van der Waals surface area contributed by atoms with Crippen LogP contribution in [0.25, 0.3) is 0 Å². The first-order chi connectivity index (χ1) is 11.7. The van der Waals surface area contributed by atoms with E-state index < -0.39 is 0 Å². The summed E-state index contributed by atoms with van der Waals surface area (Å²) in [6.45, 7) is 0.768. The molecule has 1 aliphatic rings. The Hall–Kier alpha value is -2.63. The second kappa shape index (κ2) is 7.29. The van der Waals surface area contributed by atoms with Gasteiger partial charge in [0.25, 0.3) is 5.56 Å². The van der Waals surface area contributed by atoms with E-state index in [-0.39, 0.29) is 11.5 Å². The van der Waals surface area contributed by atoms with E-state index >= 15 is 0 Å². The molecule has 0 unspecified atom stereocenters. The fourth-order valence-corrected chi connectivity index (χ4v) is 2.51. The molecule has 1 aliphatic carbocycles. The Labute approximate surface area is 140 Å². The Bertz CT molecular complexity index is 764. The molecule has 0 radical (unpaired) electrons. The lowest BCUT2D eigenvalue weighted by atomic mass is 10.1. The van der Waals surface area contributed by atoms with E-state index in [0.29, 0.717) is 25.4 Å². The lowest BCUT2D eigenvalue weighted by Crippen LogP contribution is -2.32. The average Bonchev–Trinajstić information content (AvgIpc) is 3.42. The third-order valence-electron chi connectivity index (χ3n) is 4.05. The summed E-state index contributed by atoms with van der Waals surface area (Å²) in [6.07, 6.45) is 2.59. The number of aromatic nitrogens is 2. The van der Waals surface area contributed by atoms with E-state index in [1.54, 1.807) is 19.2 Å². The van der Waals surface area contributed by atoms with Gasteiger partial charge in [-0.05, 0) is 36.6 Å². The molecule has 1 aromatic heterocycles. The third-order valence-corrected chi connectivity index (χ3v) is 4.05. The number of rotatable bonds is 7. The van der Waals surface area contributed by atoms with Crippen molar-refractivity contribution in [1.29, 1.82) is 0 Å². The lowest BCUT2D eigenvalue weighted by Gasteiger charge is -2.08. The van der Waals surface area contributed by atoms with Gasteiger partial charge in [0.15, 0.2) is 0 Å². The summed E-state index contributed by atoms with van der Waals surface area (Å²) in [7, 11) is 1.61. The van der Waals surface area contributed by atoms with Crippen molar-refractivity contribution in [1.82, 2.24) is 15.1 Å². The first-order valence-electron chi connectivity index (χ1n) is 8.13. The first-order valence-corrected chi connectivity index (χ1v) is 8.13. The number of benzene rings is 1. The van der Waals surface area contributed by atoms with Gasteiger partial charge in [0.1, 0.15) is 5.75 Å². The Morgan fingerprint density at radius 2 is 2.00 bits per heavy atom. The average molecular weight is 327 g/mol. The van der Waals surface area contributed by atoms with E-state index in [0.717, 1.165) is 29.8 Å². The predicted octanol–water partition coefficient (Wildman–Crippen LogP) is 1.49. The number of hydrogen-bond acceptors (Lipinski definition) is 4. The SMILES string of the molecule is COc1ccc(CC(=O)NCCn2nc(C3CC3)ccc2=O)cc1. The van der Waals surface area contributed by atoms with Crippen LogP contribution >= 0.6 is 0 Å². The van der Waals surface area contributed by atoms with Crippen molar-refractivity contribution in [3.63, 3.8) is 0 Å². The summed E-state index contributed by atoms with van der Waals surface area (Å²) in [5, 5.41) is 7.20. The molecule has 1 aromatic carbocycles. The second-order valence-electron chi connectivity index (χ2n) is 5.97. The van der Waals surface area contributed by atoms with Gasteiger partial charge in [-0.1, -0.05) is 12.1 Å². The fraction of sp³-hybridized carbons (Fsp3) is 0.389. The smallest absolute Gasteiger partial charge is 0.266 e. The molecule has 0 bridgehead atoms. The van der Waals surface area contributed by atoms with Crippen molar-refractivity contribution in [3.05, 3.63) is 58.0 Å². The van der Waals surface area contributed by atoms with Gasteiger partial charge in [0, 0.05) is 18.5 Å². The summed E-state index contributed by atoms with van der Waals surface area (Å²) in [5.74, 6) is 1.19. The van der Waals surface area contributed by atoms with Crippen LogP contribution in [0.3, 0.4) is 0 Å². The molecule has 2 aromatic rings. The standard InChI is InChI=1S/C18H21N3O3/c1-24-15-6-2-13(3-7-15)12-17(22)19-10-11-21-18(23)9-8-16(20-21)14-4-5-14/h2-3,6-9,14H,4-5,10-12H2,1H3,(H,19,22). The van der Waals surface area contributed by atoms with E-state index in [1.807, 2.05) is 24.3 Å². The van der Waals surface area contributed by atoms with Crippen molar-refractivity contribution < 1.29 is 9.53 Å². The minimum absolute atomic E-state index is 0.0773. The molecule has 1 heterocycles. The molecule has 0 atom stereocenters. The summed E-state index contributed by atoms with van der Waals surface area (Å²) < 4.78 is 6.52. The molecular formula is C18H21N3O3. The monoisotopic (exact) mass is 327 g/mol. The molecule has 6 heteroatoms. The van der Waals surface area contributed by atoms with Crippen LogP contribution in [-0.2, 0) is 17.8 Å². The third kappa shape index (κ3) is 4.22. The van der Waals surface area contributed by atoms with Crippen molar-refractivity contribution >= 4 is 5.91 Å². The zero-order valence-corrected chi connectivity index (χ0v) is 13.7. The Morgan fingerprint density at radius 3 is 2.67 bits per heavy atom. The highest BCUT2D eigenvalue weighted by Crippen LogP contribution is 2.38. The van der Waals surface area contributed by atoms with Crippen molar-refractivity contribution in [2.45, 2.75) is 31.7 Å².